The molecule has 3 N–H and O–H groups in total. The lowest BCUT2D eigenvalue weighted by Crippen LogP contribution is -2.44. The second-order valence-corrected chi connectivity index (χ2v) is 10.1. The number of aromatic nitrogens is 4. The minimum absolute atomic E-state index is 0.0433. The summed E-state index contributed by atoms with van der Waals surface area (Å²) in [5, 5.41) is 31.8. The summed E-state index contributed by atoms with van der Waals surface area (Å²) in [7, 11) is 0. The van der Waals surface area contributed by atoms with Crippen molar-refractivity contribution in [2.45, 2.75) is 62.2 Å². The maximum Gasteiger partial charge on any atom is 0.309 e. The van der Waals surface area contributed by atoms with Gasteiger partial charge in [-0.15, -0.1) is 0 Å². The number of aliphatic hydroxyl groups is 3. The number of hydrogen-bond acceptors (Lipinski definition) is 8. The molecule has 5 atom stereocenters. The summed E-state index contributed by atoms with van der Waals surface area (Å²) in [6.07, 6.45) is -0.646. The normalized spacial score (nSPS) is 27.6. The van der Waals surface area contributed by atoms with E-state index in [1.807, 2.05) is 6.92 Å². The molecule has 9 nitrogen and oxygen atoms in total. The van der Waals surface area contributed by atoms with Gasteiger partial charge in [-0.25, -0.2) is 15.0 Å². The Morgan fingerprint density at radius 2 is 1.92 bits per heavy atom. The molecular formula is C28H28F2N4O5. The molecule has 1 aliphatic carbocycles. The molecule has 0 unspecified atom stereocenters. The Labute approximate surface area is 222 Å². The monoisotopic (exact) mass is 538 g/mol. The van der Waals surface area contributed by atoms with E-state index in [-0.39, 0.29) is 30.6 Å². The largest absolute Gasteiger partial charge is 0.491 e. The Balaban J connectivity index is 1.11. The zero-order chi connectivity index (χ0) is 27.4. The first-order chi connectivity index (χ1) is 18.7. The van der Waals surface area contributed by atoms with Crippen LogP contribution >= 0.6 is 0 Å². The Hall–Kier alpha value is -3.51. The van der Waals surface area contributed by atoms with Crippen LogP contribution in [0.15, 0.2) is 61.2 Å². The van der Waals surface area contributed by atoms with Gasteiger partial charge in [-0.1, -0.05) is 36.4 Å². The number of imidazole rings is 1. The first-order valence-corrected chi connectivity index (χ1v) is 12.8. The third-order valence-corrected chi connectivity index (χ3v) is 7.74. The zero-order valence-electron chi connectivity index (χ0n) is 21.1. The second kappa shape index (κ2) is 9.60. The van der Waals surface area contributed by atoms with Crippen LogP contribution < -0.4 is 4.74 Å². The third-order valence-electron chi connectivity index (χ3n) is 7.74. The van der Waals surface area contributed by atoms with Gasteiger partial charge in [-0.05, 0) is 48.6 Å². The van der Waals surface area contributed by atoms with Crippen molar-refractivity contribution in [2.75, 3.05) is 6.61 Å². The molecular weight excluding hydrogens is 510 g/mol. The average molecular weight is 539 g/mol. The predicted molar refractivity (Wildman–Crippen MR) is 135 cm³/mol. The van der Waals surface area contributed by atoms with Crippen molar-refractivity contribution in [1.82, 2.24) is 19.5 Å². The number of rotatable bonds is 7. The van der Waals surface area contributed by atoms with E-state index >= 15 is 0 Å². The first-order valence-electron chi connectivity index (χ1n) is 12.8. The van der Waals surface area contributed by atoms with E-state index in [1.54, 1.807) is 47.3 Å². The SMILES string of the molecule is Cc1ncnc2c1ncn2[C@H]1C[C@H](O)[C@@H](COc2cccc(CC[C@@]3(O)c4ccccc4[C@H](O)C3(F)F)c2)O1. The van der Waals surface area contributed by atoms with Gasteiger partial charge >= 0.3 is 5.92 Å². The van der Waals surface area contributed by atoms with E-state index in [4.69, 9.17) is 9.47 Å². The fourth-order valence-corrected chi connectivity index (χ4v) is 5.52. The van der Waals surface area contributed by atoms with Crippen molar-refractivity contribution in [3.63, 3.8) is 0 Å². The number of aliphatic hydroxyl groups excluding tert-OH is 2. The fourth-order valence-electron chi connectivity index (χ4n) is 5.52. The van der Waals surface area contributed by atoms with Gasteiger partial charge < -0.3 is 24.8 Å². The maximum absolute atomic E-state index is 15.0. The molecule has 0 bridgehead atoms. The first kappa shape index (κ1) is 25.8. The van der Waals surface area contributed by atoms with Crippen LogP contribution in [0.4, 0.5) is 8.78 Å². The van der Waals surface area contributed by atoms with E-state index in [1.165, 1.54) is 18.5 Å². The van der Waals surface area contributed by atoms with E-state index in [9.17, 15) is 24.1 Å². The van der Waals surface area contributed by atoms with Crippen molar-refractivity contribution in [3.05, 3.63) is 83.6 Å². The number of halogens is 2. The highest BCUT2D eigenvalue weighted by Gasteiger charge is 2.64. The number of alkyl halides is 2. The Bertz CT molecular complexity index is 1510. The summed E-state index contributed by atoms with van der Waals surface area (Å²) in [4.78, 5) is 12.8. The Kier molecular flexibility index (Phi) is 6.34. The van der Waals surface area contributed by atoms with Gasteiger partial charge in [0, 0.05) is 6.42 Å². The number of hydrogen-bond donors (Lipinski definition) is 3. The van der Waals surface area contributed by atoms with Crippen LogP contribution in [0, 0.1) is 6.92 Å². The molecule has 0 saturated carbocycles. The van der Waals surface area contributed by atoms with E-state index < -0.39 is 36.1 Å². The number of ether oxygens (including phenoxy) is 2. The number of aryl methyl sites for hydroxylation is 2. The predicted octanol–water partition coefficient (Wildman–Crippen LogP) is 3.36. The lowest BCUT2D eigenvalue weighted by Gasteiger charge is -2.32. The topological polar surface area (TPSA) is 123 Å². The van der Waals surface area contributed by atoms with Crippen molar-refractivity contribution >= 4 is 11.2 Å². The number of nitrogens with zero attached hydrogens (tertiary/aromatic N) is 4. The summed E-state index contributed by atoms with van der Waals surface area (Å²) >= 11 is 0. The minimum Gasteiger partial charge on any atom is -0.491 e. The van der Waals surface area contributed by atoms with Crippen molar-refractivity contribution in [2.24, 2.45) is 0 Å². The molecule has 2 aliphatic rings. The molecule has 39 heavy (non-hydrogen) atoms. The molecule has 6 rings (SSSR count). The van der Waals surface area contributed by atoms with Crippen LogP contribution in [-0.4, -0.2) is 59.6 Å². The van der Waals surface area contributed by atoms with Crippen LogP contribution in [0.25, 0.3) is 11.2 Å². The highest BCUT2D eigenvalue weighted by Crippen LogP contribution is 2.56. The van der Waals surface area contributed by atoms with Gasteiger partial charge in [0.05, 0.1) is 18.1 Å². The molecule has 4 aromatic rings. The highest BCUT2D eigenvalue weighted by molar-refractivity contribution is 5.72. The van der Waals surface area contributed by atoms with Gasteiger partial charge in [-0.3, -0.25) is 4.57 Å². The molecule has 2 aromatic carbocycles. The Morgan fingerprint density at radius 3 is 2.77 bits per heavy atom. The summed E-state index contributed by atoms with van der Waals surface area (Å²) in [6.45, 7) is 1.92. The lowest BCUT2D eigenvalue weighted by atomic mass is 9.86. The van der Waals surface area contributed by atoms with E-state index in [0.717, 1.165) is 5.69 Å². The molecule has 1 saturated heterocycles. The summed E-state index contributed by atoms with van der Waals surface area (Å²) < 4.78 is 43.6. The van der Waals surface area contributed by atoms with Crippen molar-refractivity contribution in [1.29, 1.82) is 0 Å². The second-order valence-electron chi connectivity index (χ2n) is 10.1. The van der Waals surface area contributed by atoms with Crippen LogP contribution in [-0.2, 0) is 16.8 Å². The molecule has 0 radical (unpaired) electrons. The summed E-state index contributed by atoms with van der Waals surface area (Å²) in [5.41, 5.74) is 0.328. The summed E-state index contributed by atoms with van der Waals surface area (Å²) in [6, 6.07) is 12.9. The van der Waals surface area contributed by atoms with Crippen LogP contribution in [0.2, 0.25) is 0 Å². The zero-order valence-corrected chi connectivity index (χ0v) is 21.1. The van der Waals surface area contributed by atoms with Gasteiger partial charge in [0.25, 0.3) is 0 Å². The van der Waals surface area contributed by atoms with Crippen molar-refractivity contribution < 1.29 is 33.6 Å². The molecule has 2 aromatic heterocycles. The van der Waals surface area contributed by atoms with Gasteiger partial charge in [0.2, 0.25) is 0 Å². The third kappa shape index (κ3) is 4.26. The quantitative estimate of drug-likeness (QED) is 0.328. The highest BCUT2D eigenvalue weighted by atomic mass is 19.3. The lowest BCUT2D eigenvalue weighted by molar-refractivity contribution is -0.226. The van der Waals surface area contributed by atoms with Gasteiger partial charge in [0.1, 0.15) is 42.6 Å². The average Bonchev–Trinajstić information content (AvgIpc) is 3.57. The van der Waals surface area contributed by atoms with Crippen molar-refractivity contribution in [3.8, 4) is 5.75 Å². The smallest absolute Gasteiger partial charge is 0.309 e. The van der Waals surface area contributed by atoms with E-state index in [0.29, 0.717) is 28.9 Å². The van der Waals surface area contributed by atoms with Gasteiger partial charge in [-0.2, -0.15) is 8.78 Å². The standard InChI is InChI=1S/C28H28F2N4O5/c1-16-24-26(32-14-31-16)34(15-33-24)23-12-21(35)22(39-23)13-38-18-6-4-5-17(11-18)9-10-27(37)20-8-3-2-7-19(20)25(36)28(27,29)30/h2-8,11,14-15,21-23,25,35-37H,9-10,12-13H2,1H3/t21-,22+,23+,25-,27+/m0/s1. The minimum atomic E-state index is -3.72. The summed E-state index contributed by atoms with van der Waals surface area (Å²) in [5.74, 6) is -3.24. The molecule has 1 fully saturated rings. The maximum atomic E-state index is 15.0. The van der Waals surface area contributed by atoms with Crippen LogP contribution in [0.1, 0.15) is 47.6 Å². The molecule has 1 aliphatic heterocycles. The fraction of sp³-hybridized carbons (Fsp3) is 0.393. The van der Waals surface area contributed by atoms with Crippen LogP contribution in [0.5, 0.6) is 5.75 Å². The van der Waals surface area contributed by atoms with Gasteiger partial charge in [0.15, 0.2) is 11.2 Å². The molecule has 0 spiro atoms. The molecule has 0 amide bonds. The molecule has 3 heterocycles. The molecule has 204 valence electrons. The number of fused-ring (bicyclic) bond motifs is 2. The van der Waals surface area contributed by atoms with Crippen LogP contribution in [0.3, 0.4) is 0 Å². The molecule has 11 heteroatoms. The Morgan fingerprint density at radius 1 is 1.10 bits per heavy atom. The van der Waals surface area contributed by atoms with E-state index in [2.05, 4.69) is 15.0 Å². The number of benzene rings is 2.